The van der Waals surface area contributed by atoms with E-state index in [0.29, 0.717) is 16.6 Å². The number of Topliss-reactive ketones (excluding diaryl/α,β-unsaturated/α-hetero) is 1. The molecule has 1 nitrogen and oxygen atoms in total. The number of hydrogen-bond acceptors (Lipinski definition) is 1. The van der Waals surface area contributed by atoms with Crippen LogP contribution in [0.25, 0.3) is 0 Å². The molecule has 5 rings (SSSR count). The van der Waals surface area contributed by atoms with E-state index in [0.717, 1.165) is 36.3 Å². The molecule has 0 N–H and O–H groups in total. The third-order valence-electron chi connectivity index (χ3n) is 6.50. The summed E-state index contributed by atoms with van der Waals surface area (Å²) >= 11 is 0. The van der Waals surface area contributed by atoms with Crippen LogP contribution in [0.2, 0.25) is 0 Å². The predicted molar refractivity (Wildman–Crippen MR) is 85.3 cm³/mol. The Morgan fingerprint density at radius 3 is 2.19 bits per heavy atom. The monoisotopic (exact) mass is 282 g/mol. The summed E-state index contributed by atoms with van der Waals surface area (Å²) in [7, 11) is 0. The molecule has 4 saturated carbocycles. The van der Waals surface area contributed by atoms with Crippen molar-refractivity contribution in [3.05, 3.63) is 35.4 Å². The van der Waals surface area contributed by atoms with Crippen molar-refractivity contribution in [3.63, 3.8) is 0 Å². The molecule has 4 fully saturated rings. The molecule has 2 atom stereocenters. The molecule has 0 saturated heterocycles. The number of hydrogen-bond donors (Lipinski definition) is 0. The minimum absolute atomic E-state index is 0.0605. The fraction of sp³-hybridized carbons (Fsp3) is 0.650. The van der Waals surface area contributed by atoms with E-state index in [1.54, 1.807) is 0 Å². The van der Waals surface area contributed by atoms with Gasteiger partial charge in [-0.1, -0.05) is 38.1 Å². The van der Waals surface area contributed by atoms with E-state index in [2.05, 4.69) is 26.8 Å². The van der Waals surface area contributed by atoms with E-state index in [-0.39, 0.29) is 5.41 Å². The molecular formula is C20H26O. The van der Waals surface area contributed by atoms with Crippen LogP contribution in [0, 0.1) is 29.1 Å². The van der Waals surface area contributed by atoms with Crippen LogP contribution in [-0.2, 0) is 0 Å². The van der Waals surface area contributed by atoms with Crippen molar-refractivity contribution < 1.29 is 4.79 Å². The zero-order valence-electron chi connectivity index (χ0n) is 13.5. The van der Waals surface area contributed by atoms with Gasteiger partial charge in [0.25, 0.3) is 0 Å². The highest BCUT2D eigenvalue weighted by Gasteiger charge is 2.62. The first kappa shape index (κ1) is 13.5. The molecule has 0 aromatic heterocycles. The van der Waals surface area contributed by atoms with Gasteiger partial charge in [0.15, 0.2) is 5.78 Å². The Labute approximate surface area is 128 Å². The van der Waals surface area contributed by atoms with Crippen molar-refractivity contribution in [2.75, 3.05) is 0 Å². The summed E-state index contributed by atoms with van der Waals surface area (Å²) in [6, 6.07) is 8.18. The Morgan fingerprint density at radius 1 is 1.00 bits per heavy atom. The van der Waals surface area contributed by atoms with Crippen molar-refractivity contribution in [3.8, 4) is 0 Å². The second kappa shape index (κ2) is 4.00. The molecule has 1 heteroatoms. The van der Waals surface area contributed by atoms with Gasteiger partial charge >= 0.3 is 0 Å². The maximum atomic E-state index is 13.4. The zero-order chi connectivity index (χ0) is 14.9. The van der Waals surface area contributed by atoms with E-state index in [1.807, 2.05) is 18.2 Å². The second-order valence-corrected chi connectivity index (χ2v) is 9.05. The fourth-order valence-electron chi connectivity index (χ4n) is 6.81. The molecule has 0 spiro atoms. The van der Waals surface area contributed by atoms with Gasteiger partial charge in [-0.25, -0.2) is 0 Å². The van der Waals surface area contributed by atoms with Gasteiger partial charge in [0.2, 0.25) is 0 Å². The van der Waals surface area contributed by atoms with E-state index >= 15 is 0 Å². The number of ketones is 1. The Hall–Kier alpha value is -1.11. The summed E-state index contributed by atoms with van der Waals surface area (Å²) in [6.07, 6.45) is 7.43. The van der Waals surface area contributed by atoms with E-state index in [1.165, 1.54) is 19.3 Å². The van der Waals surface area contributed by atoms with Crippen LogP contribution < -0.4 is 0 Å². The first-order valence-corrected chi connectivity index (χ1v) is 8.44. The van der Waals surface area contributed by atoms with Gasteiger partial charge in [0.1, 0.15) is 0 Å². The molecule has 0 heterocycles. The van der Waals surface area contributed by atoms with Gasteiger partial charge in [-0.05, 0) is 67.8 Å². The van der Waals surface area contributed by atoms with Gasteiger partial charge in [0.05, 0.1) is 0 Å². The lowest BCUT2D eigenvalue weighted by Gasteiger charge is -2.64. The Bertz CT molecular complexity index is 596. The van der Waals surface area contributed by atoms with Crippen LogP contribution in [0.15, 0.2) is 24.3 Å². The largest absolute Gasteiger partial charge is 0.294 e. The number of aryl methyl sites for hydroxylation is 1. The quantitative estimate of drug-likeness (QED) is 0.683. The normalized spacial score (nSPS) is 44.0. The maximum absolute atomic E-state index is 13.4. The lowest BCUT2D eigenvalue weighted by Crippen LogP contribution is -2.57. The molecule has 0 amide bonds. The van der Waals surface area contributed by atoms with Crippen LogP contribution in [-0.4, -0.2) is 5.78 Å². The third-order valence-corrected chi connectivity index (χ3v) is 6.50. The second-order valence-electron chi connectivity index (χ2n) is 9.05. The van der Waals surface area contributed by atoms with Crippen molar-refractivity contribution in [1.29, 1.82) is 0 Å². The molecule has 0 aliphatic heterocycles. The molecule has 1 aromatic rings. The topological polar surface area (TPSA) is 17.1 Å². The molecule has 112 valence electrons. The lowest BCUT2D eigenvalue weighted by atomic mass is 9.39. The predicted octanol–water partition coefficient (Wildman–Crippen LogP) is 5.17. The SMILES string of the molecule is Cc1ccccc1C(=O)C12CC3CC(C)(CC(C)(C3)C1)C2. The summed E-state index contributed by atoms with van der Waals surface area (Å²) in [5.74, 6) is 1.23. The standard InChI is InChI=1S/C20H26O/c1-14-6-4-5-7-16(14)17(21)20-10-15-8-18(2,12-20)11-19(3,9-15)13-20/h4-7,15H,8-13H2,1-3H3. The molecule has 4 aliphatic rings. The number of carbonyl (C=O) groups is 1. The van der Waals surface area contributed by atoms with Gasteiger partial charge in [-0.3, -0.25) is 4.79 Å². The van der Waals surface area contributed by atoms with Crippen LogP contribution in [0.1, 0.15) is 68.3 Å². The van der Waals surface area contributed by atoms with E-state index in [9.17, 15) is 4.79 Å². The molecule has 2 unspecified atom stereocenters. The van der Waals surface area contributed by atoms with Crippen molar-refractivity contribution in [2.45, 2.75) is 59.3 Å². The van der Waals surface area contributed by atoms with E-state index < -0.39 is 0 Å². The minimum atomic E-state index is -0.0605. The molecule has 4 bridgehead atoms. The first-order chi connectivity index (χ1) is 9.83. The molecule has 21 heavy (non-hydrogen) atoms. The molecule has 0 radical (unpaired) electrons. The average molecular weight is 282 g/mol. The smallest absolute Gasteiger partial charge is 0.169 e. The molecule has 1 aromatic carbocycles. The van der Waals surface area contributed by atoms with E-state index in [4.69, 9.17) is 0 Å². The van der Waals surface area contributed by atoms with Crippen LogP contribution >= 0.6 is 0 Å². The van der Waals surface area contributed by atoms with Gasteiger partial charge < -0.3 is 0 Å². The lowest BCUT2D eigenvalue weighted by molar-refractivity contribution is -0.125. The van der Waals surface area contributed by atoms with Crippen LogP contribution in [0.4, 0.5) is 0 Å². The van der Waals surface area contributed by atoms with Gasteiger partial charge in [-0.15, -0.1) is 0 Å². The Balaban J connectivity index is 1.78. The maximum Gasteiger partial charge on any atom is 0.169 e. The van der Waals surface area contributed by atoms with Crippen molar-refractivity contribution >= 4 is 5.78 Å². The highest BCUT2D eigenvalue weighted by Crippen LogP contribution is 2.70. The van der Waals surface area contributed by atoms with Crippen LogP contribution in [0.3, 0.4) is 0 Å². The summed E-state index contributed by atoms with van der Waals surface area (Å²) < 4.78 is 0. The average Bonchev–Trinajstić information content (AvgIpc) is 2.34. The summed E-state index contributed by atoms with van der Waals surface area (Å²) in [4.78, 5) is 13.4. The van der Waals surface area contributed by atoms with Crippen molar-refractivity contribution in [1.82, 2.24) is 0 Å². The number of carbonyl (C=O) groups excluding carboxylic acids is 1. The molecule has 4 aliphatic carbocycles. The Kier molecular flexibility index (Phi) is 2.58. The number of benzene rings is 1. The summed E-state index contributed by atoms with van der Waals surface area (Å²) in [6.45, 7) is 6.96. The zero-order valence-corrected chi connectivity index (χ0v) is 13.5. The van der Waals surface area contributed by atoms with Crippen LogP contribution in [0.5, 0.6) is 0 Å². The summed E-state index contributed by atoms with van der Waals surface area (Å²) in [5, 5.41) is 0. The first-order valence-electron chi connectivity index (χ1n) is 8.44. The van der Waals surface area contributed by atoms with Gasteiger partial charge in [-0.2, -0.15) is 0 Å². The fourth-order valence-corrected chi connectivity index (χ4v) is 6.81. The third kappa shape index (κ3) is 1.93. The highest BCUT2D eigenvalue weighted by atomic mass is 16.1. The van der Waals surface area contributed by atoms with Gasteiger partial charge in [0, 0.05) is 11.0 Å². The molecular weight excluding hydrogens is 256 g/mol. The highest BCUT2D eigenvalue weighted by molar-refractivity contribution is 6.02. The number of rotatable bonds is 2. The minimum Gasteiger partial charge on any atom is -0.294 e. The summed E-state index contributed by atoms with van der Waals surface area (Å²) in [5.41, 5.74) is 2.88. The Morgan fingerprint density at radius 2 is 1.62 bits per heavy atom. The van der Waals surface area contributed by atoms with Crippen molar-refractivity contribution in [2.24, 2.45) is 22.2 Å².